The maximum atomic E-state index is 8.72. The molecule has 0 heterocycles. The summed E-state index contributed by atoms with van der Waals surface area (Å²) in [5, 5.41) is 8.72. The van der Waals surface area contributed by atoms with E-state index in [4.69, 9.17) is 16.9 Å². The lowest BCUT2D eigenvalue weighted by molar-refractivity contribution is 1.29. The number of rotatable bonds is 1. The molecule has 0 aliphatic rings. The third-order valence-electron chi connectivity index (χ3n) is 1.61. The molecule has 0 bridgehead atoms. The maximum absolute atomic E-state index is 8.72. The van der Waals surface area contributed by atoms with Crippen molar-refractivity contribution in [1.82, 2.24) is 0 Å². The molecule has 0 fully saturated rings. The second-order valence-electron chi connectivity index (χ2n) is 2.35. The van der Waals surface area contributed by atoms with Crippen LogP contribution in [0.4, 0.5) is 0 Å². The molecule has 1 aromatic carbocycles. The van der Waals surface area contributed by atoms with Crippen LogP contribution in [0, 0.1) is 18.3 Å². The molecule has 0 saturated carbocycles. The van der Waals surface area contributed by atoms with Crippen LogP contribution in [0.1, 0.15) is 16.7 Å². The van der Waals surface area contributed by atoms with E-state index < -0.39 is 0 Å². The molecule has 0 aromatic heterocycles. The van der Waals surface area contributed by atoms with Crippen molar-refractivity contribution in [3.8, 4) is 6.07 Å². The van der Waals surface area contributed by atoms with E-state index in [-0.39, 0.29) is 0 Å². The molecule has 0 unspecified atom stereocenters. The van der Waals surface area contributed by atoms with Crippen molar-refractivity contribution < 1.29 is 0 Å². The highest BCUT2D eigenvalue weighted by molar-refractivity contribution is 6.17. The van der Waals surface area contributed by atoms with Crippen LogP contribution in [0.2, 0.25) is 0 Å². The Kier molecular flexibility index (Phi) is 2.51. The van der Waals surface area contributed by atoms with Gasteiger partial charge in [-0.25, -0.2) is 0 Å². The number of nitriles is 1. The zero-order valence-corrected chi connectivity index (χ0v) is 7.02. The largest absolute Gasteiger partial charge is 0.192 e. The minimum Gasteiger partial charge on any atom is -0.192 e. The Balaban J connectivity index is 3.27. The topological polar surface area (TPSA) is 23.8 Å². The summed E-state index contributed by atoms with van der Waals surface area (Å²) in [5.74, 6) is 0.407. The van der Waals surface area contributed by atoms with Crippen LogP contribution in [0.5, 0.6) is 0 Å². The summed E-state index contributed by atoms with van der Waals surface area (Å²) in [4.78, 5) is 0. The first-order valence-corrected chi connectivity index (χ1v) is 3.87. The Morgan fingerprint density at radius 3 is 2.73 bits per heavy atom. The SMILES string of the molecule is Cc1cccc(CCl)c1C#N. The van der Waals surface area contributed by atoms with E-state index >= 15 is 0 Å². The molecule has 0 amide bonds. The van der Waals surface area contributed by atoms with E-state index in [9.17, 15) is 0 Å². The van der Waals surface area contributed by atoms with Gasteiger partial charge >= 0.3 is 0 Å². The lowest BCUT2D eigenvalue weighted by Gasteiger charge is -2.00. The molecule has 56 valence electrons. The third-order valence-corrected chi connectivity index (χ3v) is 1.90. The first kappa shape index (κ1) is 8.10. The third kappa shape index (κ3) is 1.53. The van der Waals surface area contributed by atoms with Crippen molar-refractivity contribution in [3.63, 3.8) is 0 Å². The van der Waals surface area contributed by atoms with Gasteiger partial charge in [-0.2, -0.15) is 5.26 Å². The summed E-state index contributed by atoms with van der Waals surface area (Å²) >= 11 is 5.63. The zero-order valence-electron chi connectivity index (χ0n) is 6.26. The molecular formula is C9H8ClN. The van der Waals surface area contributed by atoms with E-state index in [1.807, 2.05) is 25.1 Å². The molecule has 0 saturated heterocycles. The predicted octanol–water partition coefficient (Wildman–Crippen LogP) is 2.61. The molecule has 0 radical (unpaired) electrons. The average molecular weight is 166 g/mol. The Bertz CT molecular complexity index is 299. The summed E-state index contributed by atoms with van der Waals surface area (Å²) in [6, 6.07) is 7.83. The fraction of sp³-hybridized carbons (Fsp3) is 0.222. The van der Waals surface area contributed by atoms with Gasteiger partial charge in [0.15, 0.2) is 0 Å². The number of nitrogens with zero attached hydrogens (tertiary/aromatic N) is 1. The molecule has 1 aromatic rings. The maximum Gasteiger partial charge on any atom is 0.0997 e. The molecule has 1 nitrogen and oxygen atoms in total. The van der Waals surface area contributed by atoms with E-state index in [0.29, 0.717) is 11.4 Å². The molecule has 0 atom stereocenters. The first-order valence-electron chi connectivity index (χ1n) is 3.34. The van der Waals surface area contributed by atoms with Crippen molar-refractivity contribution in [1.29, 1.82) is 5.26 Å². The van der Waals surface area contributed by atoms with Gasteiger partial charge in [-0.15, -0.1) is 11.6 Å². The molecule has 2 heteroatoms. The standard InChI is InChI=1S/C9H8ClN/c1-7-3-2-4-8(5-10)9(7)6-11/h2-4H,5H2,1H3. The molecule has 11 heavy (non-hydrogen) atoms. The van der Waals surface area contributed by atoms with Gasteiger partial charge in [0.25, 0.3) is 0 Å². The van der Waals surface area contributed by atoms with Crippen LogP contribution in [0.15, 0.2) is 18.2 Å². The van der Waals surface area contributed by atoms with Crippen molar-refractivity contribution in [3.05, 3.63) is 34.9 Å². The van der Waals surface area contributed by atoms with Crippen LogP contribution in [0.25, 0.3) is 0 Å². The monoisotopic (exact) mass is 165 g/mol. The van der Waals surface area contributed by atoms with Crippen molar-refractivity contribution >= 4 is 11.6 Å². The minimum absolute atomic E-state index is 0.407. The quantitative estimate of drug-likeness (QED) is 0.587. The number of hydrogen-bond acceptors (Lipinski definition) is 1. The zero-order chi connectivity index (χ0) is 8.27. The van der Waals surface area contributed by atoms with Crippen molar-refractivity contribution in [2.45, 2.75) is 12.8 Å². The number of halogens is 1. The molecule has 1 rings (SSSR count). The summed E-state index contributed by atoms with van der Waals surface area (Å²) in [6.07, 6.45) is 0. The highest BCUT2D eigenvalue weighted by Crippen LogP contribution is 2.14. The summed E-state index contributed by atoms with van der Waals surface area (Å²) in [6.45, 7) is 1.91. The Morgan fingerprint density at radius 1 is 1.55 bits per heavy atom. The summed E-state index contributed by atoms with van der Waals surface area (Å²) in [5.41, 5.74) is 2.61. The molecular weight excluding hydrogens is 158 g/mol. The van der Waals surface area contributed by atoms with Crippen molar-refractivity contribution in [2.24, 2.45) is 0 Å². The van der Waals surface area contributed by atoms with E-state index in [1.54, 1.807) is 0 Å². The number of benzene rings is 1. The van der Waals surface area contributed by atoms with Crippen LogP contribution >= 0.6 is 11.6 Å². The molecule has 0 spiro atoms. The van der Waals surface area contributed by atoms with Gasteiger partial charge in [-0.1, -0.05) is 18.2 Å². The smallest absolute Gasteiger partial charge is 0.0997 e. The molecule has 0 aliphatic heterocycles. The van der Waals surface area contributed by atoms with Gasteiger partial charge in [0.05, 0.1) is 11.6 Å². The van der Waals surface area contributed by atoms with Crippen molar-refractivity contribution in [2.75, 3.05) is 0 Å². The molecule has 0 N–H and O–H groups in total. The van der Waals surface area contributed by atoms with E-state index in [0.717, 1.165) is 11.1 Å². The second kappa shape index (κ2) is 3.41. The van der Waals surface area contributed by atoms with Gasteiger partial charge in [0.1, 0.15) is 0 Å². The fourth-order valence-corrected chi connectivity index (χ4v) is 1.22. The van der Waals surface area contributed by atoms with E-state index in [1.165, 1.54) is 0 Å². The molecule has 0 aliphatic carbocycles. The summed E-state index contributed by atoms with van der Waals surface area (Å²) < 4.78 is 0. The second-order valence-corrected chi connectivity index (χ2v) is 2.62. The first-order chi connectivity index (χ1) is 5.29. The van der Waals surface area contributed by atoms with Crippen LogP contribution < -0.4 is 0 Å². The lowest BCUT2D eigenvalue weighted by Crippen LogP contribution is -1.88. The highest BCUT2D eigenvalue weighted by Gasteiger charge is 2.01. The van der Waals surface area contributed by atoms with E-state index in [2.05, 4.69) is 6.07 Å². The normalized spacial score (nSPS) is 9.18. The fourth-order valence-electron chi connectivity index (χ4n) is 1.000. The number of hydrogen-bond donors (Lipinski definition) is 0. The van der Waals surface area contributed by atoms with Crippen LogP contribution in [-0.4, -0.2) is 0 Å². The minimum atomic E-state index is 0.407. The average Bonchev–Trinajstić information content (AvgIpc) is 2.04. The Labute approximate surface area is 71.2 Å². The Hall–Kier alpha value is -1.00. The highest BCUT2D eigenvalue weighted by atomic mass is 35.5. The predicted molar refractivity (Wildman–Crippen MR) is 45.5 cm³/mol. The lowest BCUT2D eigenvalue weighted by atomic mass is 10.0. The number of aryl methyl sites for hydroxylation is 1. The Morgan fingerprint density at radius 2 is 2.27 bits per heavy atom. The van der Waals surface area contributed by atoms with Crippen LogP contribution in [-0.2, 0) is 5.88 Å². The van der Waals surface area contributed by atoms with Gasteiger partial charge in [-0.3, -0.25) is 0 Å². The van der Waals surface area contributed by atoms with Gasteiger partial charge in [-0.05, 0) is 18.1 Å². The van der Waals surface area contributed by atoms with Gasteiger partial charge in [0.2, 0.25) is 0 Å². The summed E-state index contributed by atoms with van der Waals surface area (Å²) in [7, 11) is 0. The van der Waals surface area contributed by atoms with Gasteiger partial charge < -0.3 is 0 Å². The number of alkyl halides is 1. The van der Waals surface area contributed by atoms with Crippen LogP contribution in [0.3, 0.4) is 0 Å². The van der Waals surface area contributed by atoms with Gasteiger partial charge in [0, 0.05) is 5.88 Å².